The van der Waals surface area contributed by atoms with Crippen LogP contribution in [0, 0.1) is 0 Å². The normalized spacial score (nSPS) is 10.8. The lowest BCUT2D eigenvalue weighted by atomic mass is 10.2. The van der Waals surface area contributed by atoms with Crippen molar-refractivity contribution in [1.82, 2.24) is 9.97 Å². The number of para-hydroxylation sites is 1. The fraction of sp³-hybridized carbons (Fsp3) is 0. The van der Waals surface area contributed by atoms with Crippen LogP contribution in [0.4, 0.5) is 17.2 Å². The van der Waals surface area contributed by atoms with Crippen molar-refractivity contribution in [3.63, 3.8) is 0 Å². The van der Waals surface area contributed by atoms with E-state index in [2.05, 4.69) is 20.6 Å². The first kappa shape index (κ1) is 19.4. The van der Waals surface area contributed by atoms with Crippen LogP contribution in [-0.2, 0) is 4.79 Å². The monoisotopic (exact) mass is 416 g/mol. The van der Waals surface area contributed by atoms with Gasteiger partial charge in [-0.1, -0.05) is 29.8 Å². The van der Waals surface area contributed by atoms with Crippen molar-refractivity contribution >= 4 is 45.6 Å². The first-order valence-corrected chi connectivity index (χ1v) is 9.57. The highest BCUT2D eigenvalue weighted by Crippen LogP contribution is 2.28. The third kappa shape index (κ3) is 4.74. The zero-order valence-electron chi connectivity index (χ0n) is 15.7. The van der Waals surface area contributed by atoms with Crippen molar-refractivity contribution in [2.24, 2.45) is 0 Å². The Kier molecular flexibility index (Phi) is 5.87. The predicted molar refractivity (Wildman–Crippen MR) is 119 cm³/mol. The van der Waals surface area contributed by atoms with E-state index in [0.717, 1.165) is 33.6 Å². The average molecular weight is 417 g/mol. The molecule has 4 aromatic rings. The standard InChI is InChI=1S/C23H17ClN4O2/c24-13-12-22(29)27-17-8-11-21-20(14-17)23(26-15-25-21)28-16-6-9-19(10-7-16)30-18-4-2-1-3-5-18/h1-15H,(H,27,29)(H,25,26,28)/b13-12+. The van der Waals surface area contributed by atoms with Gasteiger partial charge in [0.15, 0.2) is 0 Å². The molecule has 0 atom stereocenters. The van der Waals surface area contributed by atoms with Gasteiger partial charge in [-0.3, -0.25) is 4.79 Å². The van der Waals surface area contributed by atoms with Crippen molar-refractivity contribution in [3.05, 3.63) is 90.7 Å². The number of anilines is 3. The number of nitrogens with zero attached hydrogens (tertiary/aromatic N) is 2. The lowest BCUT2D eigenvalue weighted by Crippen LogP contribution is -2.07. The molecule has 7 heteroatoms. The molecule has 2 N–H and O–H groups in total. The quantitative estimate of drug-likeness (QED) is 0.385. The third-order valence-corrected chi connectivity index (χ3v) is 4.34. The first-order valence-electron chi connectivity index (χ1n) is 9.14. The van der Waals surface area contributed by atoms with Gasteiger partial charge in [-0.15, -0.1) is 0 Å². The molecule has 6 nitrogen and oxygen atoms in total. The Morgan fingerprint density at radius 3 is 2.40 bits per heavy atom. The number of amides is 1. The van der Waals surface area contributed by atoms with Crippen LogP contribution in [0.3, 0.4) is 0 Å². The van der Waals surface area contributed by atoms with Crippen LogP contribution in [0.15, 0.2) is 90.7 Å². The Morgan fingerprint density at radius 2 is 1.63 bits per heavy atom. The second-order valence-corrected chi connectivity index (χ2v) is 6.55. The first-order chi connectivity index (χ1) is 14.7. The van der Waals surface area contributed by atoms with E-state index in [1.807, 2.05) is 66.7 Å². The molecule has 0 aliphatic carbocycles. The van der Waals surface area contributed by atoms with Crippen molar-refractivity contribution in [1.29, 1.82) is 0 Å². The summed E-state index contributed by atoms with van der Waals surface area (Å²) in [6.07, 6.45) is 2.73. The Labute approximate surface area is 178 Å². The molecule has 0 spiro atoms. The topological polar surface area (TPSA) is 76.1 Å². The van der Waals surface area contributed by atoms with Gasteiger partial charge in [0.2, 0.25) is 5.91 Å². The fourth-order valence-electron chi connectivity index (χ4n) is 2.84. The summed E-state index contributed by atoms with van der Waals surface area (Å²) in [4.78, 5) is 20.4. The molecule has 4 rings (SSSR count). The number of hydrogen-bond acceptors (Lipinski definition) is 5. The summed E-state index contributed by atoms with van der Waals surface area (Å²) in [5.41, 5.74) is 3.38. The molecule has 0 unspecified atom stereocenters. The summed E-state index contributed by atoms with van der Waals surface area (Å²) < 4.78 is 5.82. The molecule has 3 aromatic carbocycles. The van der Waals surface area contributed by atoms with Crippen molar-refractivity contribution in [2.45, 2.75) is 0 Å². The van der Waals surface area contributed by atoms with Crippen LogP contribution in [0.5, 0.6) is 11.5 Å². The van der Waals surface area contributed by atoms with E-state index >= 15 is 0 Å². The minimum atomic E-state index is -0.315. The number of aromatic nitrogens is 2. The molecule has 30 heavy (non-hydrogen) atoms. The molecule has 148 valence electrons. The molecule has 0 fully saturated rings. The van der Waals surface area contributed by atoms with Crippen molar-refractivity contribution < 1.29 is 9.53 Å². The zero-order valence-corrected chi connectivity index (χ0v) is 16.5. The number of hydrogen-bond donors (Lipinski definition) is 2. The van der Waals surface area contributed by atoms with Crippen LogP contribution in [0.1, 0.15) is 0 Å². The van der Waals surface area contributed by atoms with Crippen molar-refractivity contribution in [2.75, 3.05) is 10.6 Å². The maximum Gasteiger partial charge on any atom is 0.249 e. The summed E-state index contributed by atoms with van der Waals surface area (Å²) in [5, 5.41) is 6.81. The minimum Gasteiger partial charge on any atom is -0.457 e. The predicted octanol–water partition coefficient (Wildman–Crippen LogP) is 5.86. The van der Waals surface area contributed by atoms with E-state index in [1.165, 1.54) is 12.4 Å². The van der Waals surface area contributed by atoms with Crippen LogP contribution < -0.4 is 15.4 Å². The second-order valence-electron chi connectivity index (χ2n) is 6.30. The van der Waals surface area contributed by atoms with Gasteiger partial charge in [-0.25, -0.2) is 9.97 Å². The maximum atomic E-state index is 11.7. The lowest BCUT2D eigenvalue weighted by molar-refractivity contribution is -0.111. The molecule has 0 aliphatic heterocycles. The number of halogens is 1. The molecule has 0 radical (unpaired) electrons. The molecular formula is C23H17ClN4O2. The molecule has 0 saturated heterocycles. The Morgan fingerprint density at radius 1 is 0.900 bits per heavy atom. The lowest BCUT2D eigenvalue weighted by Gasteiger charge is -2.11. The van der Waals surface area contributed by atoms with Gasteiger partial charge in [-0.2, -0.15) is 0 Å². The SMILES string of the molecule is O=C(/C=C/Cl)Nc1ccc2ncnc(Nc3ccc(Oc4ccccc4)cc3)c2c1. The second kappa shape index (κ2) is 9.07. The Balaban J connectivity index is 1.54. The summed E-state index contributed by atoms with van der Waals surface area (Å²) in [5.74, 6) is 1.82. The highest BCUT2D eigenvalue weighted by atomic mass is 35.5. The molecule has 1 aromatic heterocycles. The van der Waals surface area contributed by atoms with Gasteiger partial charge in [0.1, 0.15) is 23.6 Å². The maximum absolute atomic E-state index is 11.7. The molecule has 1 amide bonds. The molecular weight excluding hydrogens is 400 g/mol. The van der Waals surface area contributed by atoms with Gasteiger partial charge < -0.3 is 15.4 Å². The van der Waals surface area contributed by atoms with E-state index in [0.29, 0.717) is 11.5 Å². The Hall–Kier alpha value is -3.90. The number of carbonyl (C=O) groups excluding carboxylic acids is 1. The summed E-state index contributed by atoms with van der Waals surface area (Å²) in [6, 6.07) is 22.6. The van der Waals surface area contributed by atoms with E-state index in [4.69, 9.17) is 16.3 Å². The van der Waals surface area contributed by atoms with Gasteiger partial charge in [0, 0.05) is 28.4 Å². The smallest absolute Gasteiger partial charge is 0.249 e. The van der Waals surface area contributed by atoms with Crippen LogP contribution in [0.25, 0.3) is 10.9 Å². The highest BCUT2D eigenvalue weighted by molar-refractivity contribution is 6.27. The molecule has 0 aliphatic rings. The van der Waals surface area contributed by atoms with E-state index in [-0.39, 0.29) is 5.91 Å². The molecule has 0 saturated carbocycles. The van der Waals surface area contributed by atoms with Gasteiger partial charge in [0.05, 0.1) is 5.52 Å². The number of fused-ring (bicyclic) bond motifs is 1. The molecule has 0 bridgehead atoms. The number of nitrogens with one attached hydrogen (secondary N) is 2. The zero-order chi connectivity index (χ0) is 20.8. The van der Waals surface area contributed by atoms with Gasteiger partial charge in [0.25, 0.3) is 0 Å². The fourth-order valence-corrected chi connectivity index (χ4v) is 2.96. The van der Waals surface area contributed by atoms with E-state index in [1.54, 1.807) is 6.07 Å². The van der Waals surface area contributed by atoms with Crippen LogP contribution >= 0.6 is 11.6 Å². The molecule has 1 heterocycles. The average Bonchev–Trinajstić information content (AvgIpc) is 2.76. The minimum absolute atomic E-state index is 0.315. The largest absolute Gasteiger partial charge is 0.457 e. The summed E-state index contributed by atoms with van der Waals surface area (Å²) in [7, 11) is 0. The number of carbonyl (C=O) groups is 1. The Bertz CT molecular complexity index is 1190. The summed E-state index contributed by atoms with van der Waals surface area (Å²) in [6.45, 7) is 0. The van der Waals surface area contributed by atoms with Crippen LogP contribution in [-0.4, -0.2) is 15.9 Å². The van der Waals surface area contributed by atoms with Gasteiger partial charge in [-0.05, 0) is 54.6 Å². The number of benzene rings is 3. The summed E-state index contributed by atoms with van der Waals surface area (Å²) >= 11 is 5.45. The van der Waals surface area contributed by atoms with E-state index < -0.39 is 0 Å². The van der Waals surface area contributed by atoms with Gasteiger partial charge >= 0.3 is 0 Å². The third-order valence-electron chi connectivity index (χ3n) is 4.21. The van der Waals surface area contributed by atoms with Crippen LogP contribution in [0.2, 0.25) is 0 Å². The number of rotatable bonds is 6. The number of ether oxygens (including phenoxy) is 1. The highest BCUT2D eigenvalue weighted by Gasteiger charge is 2.07. The van der Waals surface area contributed by atoms with Crippen molar-refractivity contribution in [3.8, 4) is 11.5 Å². The van der Waals surface area contributed by atoms with E-state index in [9.17, 15) is 4.79 Å².